The molecule has 0 aliphatic carbocycles. The summed E-state index contributed by atoms with van der Waals surface area (Å²) < 4.78 is 6.03. The molecular formula is C10H7ClO3S. The predicted octanol–water partition coefficient (Wildman–Crippen LogP) is 3.26. The average Bonchev–Trinajstić information content (AvgIpc) is 2.61. The van der Waals surface area contributed by atoms with Gasteiger partial charge in [-0.15, -0.1) is 11.3 Å². The third-order valence-corrected chi connectivity index (χ3v) is 3.41. The first-order valence-corrected chi connectivity index (χ1v) is 5.38. The molecular weight excluding hydrogens is 236 g/mol. The van der Waals surface area contributed by atoms with Crippen LogP contribution in [-0.4, -0.2) is 18.2 Å². The van der Waals surface area contributed by atoms with Gasteiger partial charge in [0.2, 0.25) is 0 Å². The monoisotopic (exact) mass is 242 g/mol. The molecule has 0 aliphatic rings. The summed E-state index contributed by atoms with van der Waals surface area (Å²) in [4.78, 5) is 10.9. The summed E-state index contributed by atoms with van der Waals surface area (Å²) in [6, 6.07) is 3.24. The molecule has 0 unspecified atom stereocenters. The van der Waals surface area contributed by atoms with E-state index in [4.69, 9.17) is 21.4 Å². The second-order valence-electron chi connectivity index (χ2n) is 2.91. The van der Waals surface area contributed by atoms with Crippen LogP contribution in [0.2, 0.25) is 5.02 Å². The van der Waals surface area contributed by atoms with Gasteiger partial charge in [0.1, 0.15) is 5.75 Å². The number of halogens is 1. The van der Waals surface area contributed by atoms with Crippen LogP contribution in [0.15, 0.2) is 17.5 Å². The van der Waals surface area contributed by atoms with Crippen LogP contribution < -0.4 is 4.74 Å². The summed E-state index contributed by atoms with van der Waals surface area (Å²) in [5, 5.41) is 11.6. The highest BCUT2D eigenvalue weighted by atomic mass is 35.5. The highest BCUT2D eigenvalue weighted by Gasteiger charge is 2.15. The largest absolute Gasteiger partial charge is 0.495 e. The van der Waals surface area contributed by atoms with Gasteiger partial charge in [0, 0.05) is 10.1 Å². The summed E-state index contributed by atoms with van der Waals surface area (Å²) in [6.07, 6.45) is 0. The van der Waals surface area contributed by atoms with Crippen LogP contribution in [0.3, 0.4) is 0 Å². The van der Waals surface area contributed by atoms with Gasteiger partial charge in [-0.2, -0.15) is 0 Å². The number of hydrogen-bond donors (Lipinski definition) is 1. The molecule has 15 heavy (non-hydrogen) atoms. The first kappa shape index (κ1) is 10.3. The number of aromatic carboxylic acids is 1. The van der Waals surface area contributed by atoms with Crippen LogP contribution in [0.25, 0.3) is 10.1 Å². The third-order valence-electron chi connectivity index (χ3n) is 2.09. The average molecular weight is 243 g/mol. The van der Waals surface area contributed by atoms with E-state index in [1.807, 2.05) is 5.38 Å². The SMILES string of the molecule is COc1csc2ccc(C(=O)O)c(Cl)c12. The van der Waals surface area contributed by atoms with E-state index in [2.05, 4.69) is 0 Å². The van der Waals surface area contributed by atoms with Crippen LogP contribution in [0.1, 0.15) is 10.4 Å². The summed E-state index contributed by atoms with van der Waals surface area (Å²) in [6.45, 7) is 0. The molecule has 1 heterocycles. The molecule has 3 nitrogen and oxygen atoms in total. The predicted molar refractivity (Wildman–Crippen MR) is 60.3 cm³/mol. The fraction of sp³-hybridized carbons (Fsp3) is 0.100. The number of fused-ring (bicyclic) bond motifs is 1. The maximum absolute atomic E-state index is 10.9. The van der Waals surface area contributed by atoms with Crippen molar-refractivity contribution < 1.29 is 14.6 Å². The molecule has 0 saturated carbocycles. The lowest BCUT2D eigenvalue weighted by molar-refractivity contribution is 0.0697. The van der Waals surface area contributed by atoms with Crippen molar-refractivity contribution >= 4 is 39.0 Å². The quantitative estimate of drug-likeness (QED) is 0.879. The van der Waals surface area contributed by atoms with Gasteiger partial charge in [-0.25, -0.2) is 4.79 Å². The lowest BCUT2D eigenvalue weighted by Crippen LogP contribution is -1.97. The van der Waals surface area contributed by atoms with Crippen molar-refractivity contribution in [1.29, 1.82) is 0 Å². The van der Waals surface area contributed by atoms with Crippen LogP contribution in [0, 0.1) is 0 Å². The van der Waals surface area contributed by atoms with E-state index in [1.54, 1.807) is 6.07 Å². The fourth-order valence-corrected chi connectivity index (χ4v) is 2.69. The van der Waals surface area contributed by atoms with E-state index in [0.29, 0.717) is 11.1 Å². The number of benzene rings is 1. The van der Waals surface area contributed by atoms with E-state index >= 15 is 0 Å². The Morgan fingerprint density at radius 1 is 1.53 bits per heavy atom. The Balaban J connectivity index is 2.80. The van der Waals surface area contributed by atoms with Crippen molar-refractivity contribution in [1.82, 2.24) is 0 Å². The maximum Gasteiger partial charge on any atom is 0.337 e. The van der Waals surface area contributed by atoms with E-state index in [-0.39, 0.29) is 10.6 Å². The minimum absolute atomic E-state index is 0.0980. The van der Waals surface area contributed by atoms with Crippen LogP contribution >= 0.6 is 22.9 Å². The van der Waals surface area contributed by atoms with Crippen molar-refractivity contribution in [2.75, 3.05) is 7.11 Å². The molecule has 5 heteroatoms. The summed E-state index contributed by atoms with van der Waals surface area (Å²) in [5.41, 5.74) is 0.0980. The molecule has 0 amide bonds. The van der Waals surface area contributed by atoms with Gasteiger partial charge in [-0.1, -0.05) is 11.6 Å². The molecule has 1 aromatic heterocycles. The zero-order chi connectivity index (χ0) is 11.0. The summed E-state index contributed by atoms with van der Waals surface area (Å²) in [7, 11) is 1.53. The Kier molecular flexibility index (Phi) is 2.54. The minimum Gasteiger partial charge on any atom is -0.495 e. The van der Waals surface area contributed by atoms with Gasteiger partial charge in [0.25, 0.3) is 0 Å². The lowest BCUT2D eigenvalue weighted by Gasteiger charge is -2.02. The van der Waals surface area contributed by atoms with Gasteiger partial charge in [-0.05, 0) is 12.1 Å². The third kappa shape index (κ3) is 1.56. The molecule has 0 radical (unpaired) electrons. The highest BCUT2D eigenvalue weighted by Crippen LogP contribution is 2.38. The second kappa shape index (κ2) is 3.72. The standard InChI is InChI=1S/C10H7ClO3S/c1-14-6-4-15-7-3-2-5(10(12)13)9(11)8(6)7/h2-4H,1H3,(H,12,13). The van der Waals surface area contributed by atoms with Crippen molar-refractivity contribution in [2.45, 2.75) is 0 Å². The number of ether oxygens (including phenoxy) is 1. The van der Waals surface area contributed by atoms with Crippen LogP contribution in [0.5, 0.6) is 5.75 Å². The second-order valence-corrected chi connectivity index (χ2v) is 4.20. The van der Waals surface area contributed by atoms with Gasteiger partial charge in [-0.3, -0.25) is 0 Å². The number of thiophene rings is 1. The van der Waals surface area contributed by atoms with Gasteiger partial charge >= 0.3 is 5.97 Å². The first-order chi connectivity index (χ1) is 7.15. The number of carboxylic acids is 1. The molecule has 0 atom stereocenters. The Bertz CT molecular complexity index is 533. The van der Waals surface area contributed by atoms with Gasteiger partial charge < -0.3 is 9.84 Å². The molecule has 0 aliphatic heterocycles. The van der Waals surface area contributed by atoms with E-state index < -0.39 is 5.97 Å². The zero-order valence-electron chi connectivity index (χ0n) is 7.78. The lowest BCUT2D eigenvalue weighted by atomic mass is 10.1. The van der Waals surface area contributed by atoms with Crippen LogP contribution in [0.4, 0.5) is 0 Å². The maximum atomic E-state index is 10.9. The molecule has 1 aromatic carbocycles. The first-order valence-electron chi connectivity index (χ1n) is 4.12. The molecule has 0 saturated heterocycles. The number of methoxy groups -OCH3 is 1. The topological polar surface area (TPSA) is 46.5 Å². The van der Waals surface area contributed by atoms with E-state index in [0.717, 1.165) is 4.70 Å². The Morgan fingerprint density at radius 3 is 2.87 bits per heavy atom. The molecule has 0 fully saturated rings. The fourth-order valence-electron chi connectivity index (χ4n) is 1.38. The van der Waals surface area contributed by atoms with Gasteiger partial charge in [0.05, 0.1) is 23.1 Å². The number of hydrogen-bond acceptors (Lipinski definition) is 3. The molecule has 78 valence electrons. The minimum atomic E-state index is -1.03. The van der Waals surface area contributed by atoms with Crippen molar-refractivity contribution in [3.8, 4) is 5.75 Å². The number of rotatable bonds is 2. The van der Waals surface area contributed by atoms with E-state index in [9.17, 15) is 4.79 Å². The zero-order valence-corrected chi connectivity index (χ0v) is 9.35. The molecule has 0 spiro atoms. The van der Waals surface area contributed by atoms with Crippen LogP contribution in [-0.2, 0) is 0 Å². The summed E-state index contributed by atoms with van der Waals surface area (Å²) >= 11 is 7.48. The van der Waals surface area contributed by atoms with Crippen molar-refractivity contribution in [2.24, 2.45) is 0 Å². The Hall–Kier alpha value is -1.26. The highest BCUT2D eigenvalue weighted by molar-refractivity contribution is 7.17. The Morgan fingerprint density at radius 2 is 2.27 bits per heavy atom. The number of carbonyl (C=O) groups is 1. The number of carboxylic acid groups (broad SMARTS) is 1. The Labute approximate surface area is 94.9 Å². The molecule has 0 bridgehead atoms. The molecule has 2 aromatic rings. The van der Waals surface area contributed by atoms with Crippen molar-refractivity contribution in [3.05, 3.63) is 28.1 Å². The smallest absolute Gasteiger partial charge is 0.337 e. The summed E-state index contributed by atoms with van der Waals surface area (Å²) in [5.74, 6) is -0.418. The molecule has 2 rings (SSSR count). The molecule has 1 N–H and O–H groups in total. The van der Waals surface area contributed by atoms with Crippen molar-refractivity contribution in [3.63, 3.8) is 0 Å². The normalized spacial score (nSPS) is 10.5. The van der Waals surface area contributed by atoms with Gasteiger partial charge in [0.15, 0.2) is 0 Å². The van der Waals surface area contributed by atoms with E-state index in [1.165, 1.54) is 24.5 Å².